The highest BCUT2D eigenvalue weighted by Gasteiger charge is 2.24. The maximum atomic E-state index is 13.9. The number of benzene rings is 2. The number of likely N-dealkylation sites (tertiary alicyclic amines) is 1. The highest BCUT2D eigenvalue weighted by Crippen LogP contribution is 2.27. The lowest BCUT2D eigenvalue weighted by Gasteiger charge is -2.32. The molecule has 1 aliphatic rings. The molecular formula is C23H26FN5O2. The number of amides is 2. The van der Waals surface area contributed by atoms with E-state index in [9.17, 15) is 9.18 Å². The van der Waals surface area contributed by atoms with Crippen molar-refractivity contribution < 1.29 is 13.9 Å². The lowest BCUT2D eigenvalue weighted by Crippen LogP contribution is -2.35. The largest absolute Gasteiger partial charge is 0.495 e. The van der Waals surface area contributed by atoms with Crippen LogP contribution in [0.5, 0.6) is 5.75 Å². The molecule has 1 saturated heterocycles. The van der Waals surface area contributed by atoms with E-state index >= 15 is 0 Å². The second-order valence-corrected chi connectivity index (χ2v) is 7.54. The number of hydrogen-bond donors (Lipinski definition) is 2. The lowest BCUT2D eigenvalue weighted by molar-refractivity contribution is 0.172. The van der Waals surface area contributed by atoms with Crippen molar-refractivity contribution in [1.82, 2.24) is 14.7 Å². The molecule has 0 aliphatic carbocycles. The first-order valence-electron chi connectivity index (χ1n) is 10.3. The monoisotopic (exact) mass is 423 g/mol. The Morgan fingerprint density at radius 1 is 1.10 bits per heavy atom. The molecule has 0 bridgehead atoms. The third kappa shape index (κ3) is 5.03. The fourth-order valence-corrected chi connectivity index (χ4v) is 3.91. The van der Waals surface area contributed by atoms with E-state index < -0.39 is 0 Å². The molecule has 2 aromatic carbocycles. The third-order valence-electron chi connectivity index (χ3n) is 5.52. The SMILES string of the molecule is COc1ccccc1NC(=O)Nc1ccnn1C1CCN(Cc2ccccc2F)CC1. The molecule has 31 heavy (non-hydrogen) atoms. The number of methoxy groups -OCH3 is 1. The van der Waals surface area contributed by atoms with Crippen LogP contribution in [0.25, 0.3) is 0 Å². The van der Waals surface area contributed by atoms with Gasteiger partial charge in [-0.3, -0.25) is 10.2 Å². The third-order valence-corrected chi connectivity index (χ3v) is 5.52. The number of hydrogen-bond acceptors (Lipinski definition) is 4. The Morgan fingerprint density at radius 3 is 2.61 bits per heavy atom. The number of rotatable bonds is 6. The van der Waals surface area contributed by atoms with Gasteiger partial charge in [-0.15, -0.1) is 0 Å². The van der Waals surface area contributed by atoms with Crippen molar-refractivity contribution in [2.45, 2.75) is 25.4 Å². The van der Waals surface area contributed by atoms with Crippen molar-refractivity contribution in [3.63, 3.8) is 0 Å². The molecule has 1 aliphatic heterocycles. The van der Waals surface area contributed by atoms with Crippen LogP contribution in [-0.2, 0) is 6.54 Å². The van der Waals surface area contributed by atoms with Gasteiger partial charge in [-0.25, -0.2) is 13.9 Å². The molecule has 2 heterocycles. The molecule has 0 radical (unpaired) electrons. The quantitative estimate of drug-likeness (QED) is 0.612. The average molecular weight is 423 g/mol. The van der Waals surface area contributed by atoms with Gasteiger partial charge in [0.05, 0.1) is 25.0 Å². The van der Waals surface area contributed by atoms with E-state index in [0.717, 1.165) is 31.5 Å². The van der Waals surface area contributed by atoms with E-state index in [1.54, 1.807) is 37.6 Å². The summed E-state index contributed by atoms with van der Waals surface area (Å²) < 4.78 is 21.1. The predicted octanol–water partition coefficient (Wildman–Crippen LogP) is 4.51. The minimum absolute atomic E-state index is 0.163. The van der Waals surface area contributed by atoms with Gasteiger partial charge in [-0.2, -0.15) is 5.10 Å². The predicted molar refractivity (Wildman–Crippen MR) is 118 cm³/mol. The first-order chi connectivity index (χ1) is 15.1. The fourth-order valence-electron chi connectivity index (χ4n) is 3.91. The molecule has 0 saturated carbocycles. The number of carbonyl (C=O) groups excluding carboxylic acids is 1. The molecular weight excluding hydrogens is 397 g/mol. The molecule has 0 unspecified atom stereocenters. The van der Waals surface area contributed by atoms with Gasteiger partial charge in [0.15, 0.2) is 0 Å². The number of nitrogens with zero attached hydrogens (tertiary/aromatic N) is 3. The summed E-state index contributed by atoms with van der Waals surface area (Å²) in [5, 5.41) is 10.1. The number of anilines is 2. The standard InChI is InChI=1S/C23H26FN5O2/c1-31-21-9-5-4-8-20(21)26-23(30)27-22-10-13-25-29(22)18-11-14-28(15-12-18)16-17-6-2-3-7-19(17)24/h2-10,13,18H,11-12,14-16H2,1H3,(H2,26,27,30). The van der Waals surface area contributed by atoms with Crippen molar-refractivity contribution in [3.05, 3.63) is 72.2 Å². The summed E-state index contributed by atoms with van der Waals surface area (Å²) in [6.45, 7) is 2.28. The Labute approximate surface area is 180 Å². The molecule has 7 nitrogen and oxygen atoms in total. The van der Waals surface area contributed by atoms with Gasteiger partial charge in [0, 0.05) is 31.3 Å². The number of urea groups is 1. The molecule has 2 amide bonds. The number of carbonyl (C=O) groups is 1. The Kier molecular flexibility index (Phi) is 6.47. The number of ether oxygens (including phenoxy) is 1. The Balaban J connectivity index is 1.34. The smallest absolute Gasteiger partial charge is 0.324 e. The number of aromatic nitrogens is 2. The maximum absolute atomic E-state index is 13.9. The van der Waals surface area contributed by atoms with Gasteiger partial charge in [0.2, 0.25) is 0 Å². The first kappa shape index (κ1) is 20.9. The second-order valence-electron chi connectivity index (χ2n) is 7.54. The van der Waals surface area contributed by atoms with E-state index in [0.29, 0.717) is 23.8 Å². The van der Waals surface area contributed by atoms with Crippen LogP contribution in [0.15, 0.2) is 60.8 Å². The molecule has 1 aromatic heterocycles. The van der Waals surface area contributed by atoms with Crippen LogP contribution in [0.4, 0.5) is 20.7 Å². The highest BCUT2D eigenvalue weighted by atomic mass is 19.1. The van der Waals surface area contributed by atoms with Crippen LogP contribution < -0.4 is 15.4 Å². The topological polar surface area (TPSA) is 71.4 Å². The molecule has 162 valence electrons. The lowest BCUT2D eigenvalue weighted by atomic mass is 10.0. The second kappa shape index (κ2) is 9.61. The number of nitrogens with one attached hydrogen (secondary N) is 2. The van der Waals surface area contributed by atoms with Crippen LogP contribution in [0.3, 0.4) is 0 Å². The average Bonchev–Trinajstić information content (AvgIpc) is 3.24. The Morgan fingerprint density at radius 2 is 1.84 bits per heavy atom. The zero-order valence-electron chi connectivity index (χ0n) is 17.4. The van der Waals surface area contributed by atoms with E-state index in [-0.39, 0.29) is 17.9 Å². The fraction of sp³-hybridized carbons (Fsp3) is 0.304. The summed E-state index contributed by atoms with van der Waals surface area (Å²) in [7, 11) is 1.56. The molecule has 8 heteroatoms. The molecule has 0 atom stereocenters. The minimum atomic E-state index is -0.358. The number of para-hydroxylation sites is 2. The normalized spacial score (nSPS) is 14.9. The van der Waals surface area contributed by atoms with Crippen molar-refractivity contribution >= 4 is 17.5 Å². The molecule has 1 fully saturated rings. The van der Waals surface area contributed by atoms with Crippen molar-refractivity contribution in [3.8, 4) is 5.75 Å². The van der Waals surface area contributed by atoms with Gasteiger partial charge in [0.25, 0.3) is 0 Å². The summed E-state index contributed by atoms with van der Waals surface area (Å²) in [6.07, 6.45) is 3.43. The molecule has 2 N–H and O–H groups in total. The summed E-state index contributed by atoms with van der Waals surface area (Å²) in [6, 6.07) is 15.7. The zero-order chi connectivity index (χ0) is 21.6. The van der Waals surface area contributed by atoms with Crippen LogP contribution >= 0.6 is 0 Å². The Bertz CT molecular complexity index is 1030. The summed E-state index contributed by atoms with van der Waals surface area (Å²) >= 11 is 0. The summed E-state index contributed by atoms with van der Waals surface area (Å²) in [4.78, 5) is 14.8. The molecule has 3 aromatic rings. The van der Waals surface area contributed by atoms with Crippen LogP contribution in [-0.4, -0.2) is 40.9 Å². The maximum Gasteiger partial charge on any atom is 0.324 e. The Hall–Kier alpha value is -3.39. The zero-order valence-corrected chi connectivity index (χ0v) is 17.4. The summed E-state index contributed by atoms with van der Waals surface area (Å²) in [5.41, 5.74) is 1.31. The van der Waals surface area contributed by atoms with Gasteiger partial charge in [-0.05, 0) is 31.0 Å². The van der Waals surface area contributed by atoms with Gasteiger partial charge in [-0.1, -0.05) is 30.3 Å². The highest BCUT2D eigenvalue weighted by molar-refractivity contribution is 6.00. The van der Waals surface area contributed by atoms with Crippen LogP contribution in [0.1, 0.15) is 24.4 Å². The van der Waals surface area contributed by atoms with Crippen molar-refractivity contribution in [1.29, 1.82) is 0 Å². The van der Waals surface area contributed by atoms with Crippen molar-refractivity contribution in [2.24, 2.45) is 0 Å². The van der Waals surface area contributed by atoms with Gasteiger partial charge < -0.3 is 10.1 Å². The van der Waals surface area contributed by atoms with Crippen molar-refractivity contribution in [2.75, 3.05) is 30.8 Å². The van der Waals surface area contributed by atoms with Crippen LogP contribution in [0, 0.1) is 5.82 Å². The molecule has 0 spiro atoms. The van der Waals surface area contributed by atoms with E-state index in [1.807, 2.05) is 28.9 Å². The molecule has 4 rings (SSSR count). The van der Waals surface area contributed by atoms with E-state index in [4.69, 9.17) is 4.74 Å². The summed E-state index contributed by atoms with van der Waals surface area (Å²) in [5.74, 6) is 1.07. The van der Waals surface area contributed by atoms with Gasteiger partial charge >= 0.3 is 6.03 Å². The van der Waals surface area contributed by atoms with E-state index in [1.165, 1.54) is 6.07 Å². The minimum Gasteiger partial charge on any atom is -0.495 e. The van der Waals surface area contributed by atoms with E-state index in [2.05, 4.69) is 20.6 Å². The van der Waals surface area contributed by atoms with Gasteiger partial charge in [0.1, 0.15) is 17.4 Å². The first-order valence-corrected chi connectivity index (χ1v) is 10.3. The number of halogens is 1. The van der Waals surface area contributed by atoms with Crippen LogP contribution in [0.2, 0.25) is 0 Å². The number of piperidine rings is 1.